The first-order chi connectivity index (χ1) is 9.04. The number of amides is 2. The largest absolute Gasteiger partial charge is 0.477 e. The number of carbonyl (C=O) groups is 2. The van der Waals surface area contributed by atoms with Crippen molar-refractivity contribution in [2.75, 3.05) is 18.6 Å². The zero-order valence-corrected chi connectivity index (χ0v) is 10.8. The first-order valence-electron chi connectivity index (χ1n) is 5.93. The Morgan fingerprint density at radius 2 is 2.16 bits per heavy atom. The van der Waals surface area contributed by atoms with Gasteiger partial charge in [0.2, 0.25) is 0 Å². The third-order valence-electron chi connectivity index (χ3n) is 3.06. The molecule has 0 radical (unpaired) electrons. The second-order valence-electron chi connectivity index (χ2n) is 4.30. The van der Waals surface area contributed by atoms with Crippen LogP contribution in [0.25, 0.3) is 0 Å². The highest BCUT2D eigenvalue weighted by molar-refractivity contribution is 5.99. The molecule has 0 aromatic heterocycles. The molecule has 0 aliphatic carbocycles. The van der Waals surface area contributed by atoms with Gasteiger partial charge in [0.25, 0.3) is 11.8 Å². The molecule has 6 heteroatoms. The minimum Gasteiger partial charge on any atom is -0.477 e. The molecule has 19 heavy (non-hydrogen) atoms. The quantitative estimate of drug-likeness (QED) is 0.851. The van der Waals surface area contributed by atoms with Gasteiger partial charge < -0.3 is 20.1 Å². The van der Waals surface area contributed by atoms with Crippen LogP contribution in [0.15, 0.2) is 24.3 Å². The zero-order chi connectivity index (χ0) is 14.0. The highest BCUT2D eigenvalue weighted by atomic mass is 16.5. The van der Waals surface area contributed by atoms with Gasteiger partial charge in [0.15, 0.2) is 6.10 Å². The van der Waals surface area contributed by atoms with Crippen molar-refractivity contribution in [2.24, 2.45) is 5.73 Å². The Morgan fingerprint density at radius 1 is 1.47 bits per heavy atom. The number of hydrogen-bond donors (Lipinski definition) is 1. The van der Waals surface area contributed by atoms with E-state index in [0.29, 0.717) is 11.4 Å². The van der Waals surface area contributed by atoms with Crippen LogP contribution in [0, 0.1) is 0 Å². The van der Waals surface area contributed by atoms with Crippen LogP contribution in [0.1, 0.15) is 6.92 Å². The van der Waals surface area contributed by atoms with Gasteiger partial charge in [-0.2, -0.15) is 0 Å². The van der Waals surface area contributed by atoms with Crippen LogP contribution in [-0.4, -0.2) is 37.7 Å². The number of carbonyl (C=O) groups excluding carboxylic acids is 2. The summed E-state index contributed by atoms with van der Waals surface area (Å²) in [6.07, 6.45) is -1.44. The van der Waals surface area contributed by atoms with Crippen molar-refractivity contribution in [2.45, 2.75) is 19.1 Å². The SMILES string of the molecule is COC(C)C(=O)N1CC(C(N)=O)Oc2ccccc21. The number of benzene rings is 1. The lowest BCUT2D eigenvalue weighted by atomic mass is 10.1. The van der Waals surface area contributed by atoms with E-state index in [9.17, 15) is 9.59 Å². The van der Waals surface area contributed by atoms with E-state index >= 15 is 0 Å². The van der Waals surface area contributed by atoms with Crippen LogP contribution >= 0.6 is 0 Å². The Labute approximate surface area is 111 Å². The van der Waals surface area contributed by atoms with Gasteiger partial charge in [0, 0.05) is 7.11 Å². The number of rotatable bonds is 3. The normalized spacial score (nSPS) is 19.3. The molecule has 1 aliphatic heterocycles. The summed E-state index contributed by atoms with van der Waals surface area (Å²) in [5.74, 6) is -0.365. The molecule has 6 nitrogen and oxygen atoms in total. The van der Waals surface area contributed by atoms with E-state index in [-0.39, 0.29) is 12.5 Å². The lowest BCUT2D eigenvalue weighted by molar-refractivity contribution is -0.129. The predicted octanol–water partition coefficient (Wildman–Crippen LogP) is 0.301. The summed E-state index contributed by atoms with van der Waals surface area (Å²) in [6, 6.07) is 7.02. The molecular formula is C13H16N2O4. The Hall–Kier alpha value is -2.08. The molecule has 2 rings (SSSR count). The monoisotopic (exact) mass is 264 g/mol. The first-order valence-corrected chi connectivity index (χ1v) is 5.93. The topological polar surface area (TPSA) is 81.9 Å². The first kappa shape index (κ1) is 13.4. The van der Waals surface area contributed by atoms with Gasteiger partial charge in [0.1, 0.15) is 11.9 Å². The number of nitrogens with zero attached hydrogens (tertiary/aromatic N) is 1. The van der Waals surface area contributed by atoms with Crippen LogP contribution in [0.2, 0.25) is 0 Å². The lowest BCUT2D eigenvalue weighted by Gasteiger charge is -2.34. The van der Waals surface area contributed by atoms with Crippen LogP contribution in [0.5, 0.6) is 5.75 Å². The van der Waals surface area contributed by atoms with Gasteiger partial charge in [-0.1, -0.05) is 12.1 Å². The maximum absolute atomic E-state index is 12.3. The molecule has 1 aromatic rings. The van der Waals surface area contributed by atoms with E-state index < -0.39 is 18.1 Å². The minimum atomic E-state index is -0.845. The van der Waals surface area contributed by atoms with E-state index in [4.69, 9.17) is 15.2 Å². The molecular weight excluding hydrogens is 248 g/mol. The van der Waals surface area contributed by atoms with Crippen molar-refractivity contribution in [1.29, 1.82) is 0 Å². The van der Waals surface area contributed by atoms with E-state index in [1.165, 1.54) is 12.0 Å². The standard InChI is InChI=1S/C13H16N2O4/c1-8(18-2)13(17)15-7-11(12(14)16)19-10-6-4-3-5-9(10)15/h3-6,8,11H,7H2,1-2H3,(H2,14,16). The summed E-state index contributed by atoms with van der Waals surface area (Å²) in [7, 11) is 1.46. The van der Waals surface area contributed by atoms with E-state index in [0.717, 1.165) is 0 Å². The molecule has 1 aromatic carbocycles. The molecule has 1 aliphatic rings. The van der Waals surface area contributed by atoms with Crippen LogP contribution in [-0.2, 0) is 14.3 Å². The Balaban J connectivity index is 2.36. The number of nitrogens with two attached hydrogens (primary N) is 1. The number of methoxy groups -OCH3 is 1. The van der Waals surface area contributed by atoms with Gasteiger partial charge in [-0.05, 0) is 19.1 Å². The maximum Gasteiger partial charge on any atom is 0.260 e. The van der Waals surface area contributed by atoms with Crippen LogP contribution in [0.3, 0.4) is 0 Å². The molecule has 0 spiro atoms. The molecule has 0 saturated heterocycles. The molecule has 102 valence electrons. The fourth-order valence-electron chi connectivity index (χ4n) is 1.91. The van der Waals surface area contributed by atoms with Crippen LogP contribution in [0.4, 0.5) is 5.69 Å². The van der Waals surface area contributed by atoms with Crippen molar-refractivity contribution >= 4 is 17.5 Å². The summed E-state index contributed by atoms with van der Waals surface area (Å²) in [5, 5.41) is 0. The van der Waals surface area contributed by atoms with Crippen LogP contribution < -0.4 is 15.4 Å². The molecule has 2 unspecified atom stereocenters. The lowest BCUT2D eigenvalue weighted by Crippen LogP contribution is -2.51. The number of ether oxygens (including phenoxy) is 2. The zero-order valence-electron chi connectivity index (χ0n) is 10.8. The smallest absolute Gasteiger partial charge is 0.260 e. The fraction of sp³-hybridized carbons (Fsp3) is 0.385. The average Bonchev–Trinajstić information content (AvgIpc) is 2.44. The van der Waals surface area contributed by atoms with Gasteiger partial charge in [0.05, 0.1) is 12.2 Å². The van der Waals surface area contributed by atoms with Crippen molar-refractivity contribution in [3.63, 3.8) is 0 Å². The summed E-state index contributed by atoms with van der Waals surface area (Å²) >= 11 is 0. The Bertz CT molecular complexity index is 503. The molecule has 1 heterocycles. The summed E-state index contributed by atoms with van der Waals surface area (Å²) in [4.78, 5) is 25.0. The Kier molecular flexibility index (Phi) is 3.71. The van der Waals surface area contributed by atoms with Gasteiger partial charge in [-0.15, -0.1) is 0 Å². The second kappa shape index (κ2) is 5.27. The highest BCUT2D eigenvalue weighted by Gasteiger charge is 2.34. The summed E-state index contributed by atoms with van der Waals surface area (Å²) in [6.45, 7) is 1.75. The fourth-order valence-corrected chi connectivity index (χ4v) is 1.91. The third-order valence-corrected chi connectivity index (χ3v) is 3.06. The maximum atomic E-state index is 12.3. The number of fused-ring (bicyclic) bond motifs is 1. The molecule has 0 fully saturated rings. The average molecular weight is 264 g/mol. The minimum absolute atomic E-state index is 0.0961. The van der Waals surface area contributed by atoms with Gasteiger partial charge >= 0.3 is 0 Å². The second-order valence-corrected chi connectivity index (χ2v) is 4.30. The molecule has 0 saturated carbocycles. The molecule has 2 N–H and O–H groups in total. The van der Waals surface area contributed by atoms with E-state index in [1.54, 1.807) is 31.2 Å². The molecule has 2 amide bonds. The summed E-state index contributed by atoms with van der Waals surface area (Å²) < 4.78 is 10.5. The number of anilines is 1. The van der Waals surface area contributed by atoms with Crippen molar-refractivity contribution in [3.8, 4) is 5.75 Å². The van der Waals surface area contributed by atoms with Crippen molar-refractivity contribution in [3.05, 3.63) is 24.3 Å². The number of para-hydroxylation sites is 2. The number of primary amides is 1. The Morgan fingerprint density at radius 3 is 2.79 bits per heavy atom. The van der Waals surface area contributed by atoms with Crippen molar-refractivity contribution < 1.29 is 19.1 Å². The molecule has 2 atom stereocenters. The third kappa shape index (κ3) is 2.53. The van der Waals surface area contributed by atoms with Crippen molar-refractivity contribution in [1.82, 2.24) is 0 Å². The predicted molar refractivity (Wildman–Crippen MR) is 68.9 cm³/mol. The van der Waals surface area contributed by atoms with E-state index in [2.05, 4.69) is 0 Å². The van der Waals surface area contributed by atoms with E-state index in [1.807, 2.05) is 0 Å². The summed E-state index contributed by atoms with van der Waals surface area (Å²) in [5.41, 5.74) is 5.88. The van der Waals surface area contributed by atoms with Gasteiger partial charge in [-0.25, -0.2) is 0 Å². The molecule has 0 bridgehead atoms. The number of hydrogen-bond acceptors (Lipinski definition) is 4. The van der Waals surface area contributed by atoms with Gasteiger partial charge in [-0.3, -0.25) is 9.59 Å². The highest BCUT2D eigenvalue weighted by Crippen LogP contribution is 2.33.